The van der Waals surface area contributed by atoms with Crippen LogP contribution in [0.4, 0.5) is 0 Å². The molecule has 0 aliphatic carbocycles. The predicted molar refractivity (Wildman–Crippen MR) is 111 cm³/mol. The number of benzene rings is 2. The fraction of sp³-hybridized carbons (Fsp3) is 0.391. The van der Waals surface area contributed by atoms with E-state index in [1.54, 1.807) is 11.9 Å². The summed E-state index contributed by atoms with van der Waals surface area (Å²) in [5.41, 5.74) is 9.16. The van der Waals surface area contributed by atoms with Crippen LogP contribution in [-0.2, 0) is 11.3 Å². The van der Waals surface area contributed by atoms with Crippen LogP contribution in [-0.4, -0.2) is 47.8 Å². The molecule has 1 fully saturated rings. The van der Waals surface area contributed by atoms with Gasteiger partial charge in [-0.15, -0.1) is 0 Å². The van der Waals surface area contributed by atoms with Crippen LogP contribution in [0, 0.1) is 5.92 Å². The summed E-state index contributed by atoms with van der Waals surface area (Å²) in [6.45, 7) is 5.52. The number of nitrogens with two attached hydrogens (primary N) is 1. The van der Waals surface area contributed by atoms with Crippen LogP contribution < -0.4 is 5.73 Å². The van der Waals surface area contributed by atoms with Crippen molar-refractivity contribution in [1.29, 1.82) is 0 Å². The predicted octanol–water partition coefficient (Wildman–Crippen LogP) is 2.87. The molecule has 1 heterocycles. The first-order valence-electron chi connectivity index (χ1n) is 9.80. The fourth-order valence-electron chi connectivity index (χ4n) is 3.78. The van der Waals surface area contributed by atoms with E-state index in [0.717, 1.165) is 5.56 Å². The Bertz CT molecular complexity index is 818. The summed E-state index contributed by atoms with van der Waals surface area (Å²) in [6, 6.07) is 17.6. The standard InChI is InChI=1S/C23H29N3O2/c1-16(2)22(27)25(3)13-17-9-11-19(12-10-17)23(28)26-14-20(21(24)15-26)18-7-5-4-6-8-18/h4-12,16,20-21H,13-15,24H2,1-3H3/t20-,21+/m0/s1. The summed E-state index contributed by atoms with van der Waals surface area (Å²) < 4.78 is 0. The van der Waals surface area contributed by atoms with Crippen molar-refractivity contribution in [3.05, 3.63) is 71.3 Å². The zero-order valence-electron chi connectivity index (χ0n) is 16.8. The Hall–Kier alpha value is -2.66. The van der Waals surface area contributed by atoms with Crippen molar-refractivity contribution in [3.63, 3.8) is 0 Å². The molecule has 1 aliphatic heterocycles. The lowest BCUT2D eigenvalue weighted by Crippen LogP contribution is -2.32. The zero-order valence-corrected chi connectivity index (χ0v) is 16.8. The number of hydrogen-bond donors (Lipinski definition) is 1. The lowest BCUT2D eigenvalue weighted by Gasteiger charge is -2.20. The zero-order chi connectivity index (χ0) is 20.3. The van der Waals surface area contributed by atoms with E-state index in [0.29, 0.717) is 25.2 Å². The van der Waals surface area contributed by atoms with Gasteiger partial charge >= 0.3 is 0 Å². The van der Waals surface area contributed by atoms with Crippen molar-refractivity contribution >= 4 is 11.8 Å². The minimum Gasteiger partial charge on any atom is -0.341 e. The first-order chi connectivity index (χ1) is 13.4. The second-order valence-corrected chi connectivity index (χ2v) is 7.94. The number of hydrogen-bond acceptors (Lipinski definition) is 3. The highest BCUT2D eigenvalue weighted by Crippen LogP contribution is 2.27. The molecule has 5 heteroatoms. The maximum Gasteiger partial charge on any atom is 0.253 e. The number of rotatable bonds is 5. The van der Waals surface area contributed by atoms with Crippen molar-refractivity contribution < 1.29 is 9.59 Å². The molecule has 0 bridgehead atoms. The highest BCUT2D eigenvalue weighted by molar-refractivity contribution is 5.94. The summed E-state index contributed by atoms with van der Waals surface area (Å²) in [6.07, 6.45) is 0. The van der Waals surface area contributed by atoms with Gasteiger partial charge in [-0.1, -0.05) is 56.3 Å². The molecule has 148 valence electrons. The van der Waals surface area contributed by atoms with Crippen LogP contribution in [0.2, 0.25) is 0 Å². The quantitative estimate of drug-likeness (QED) is 0.869. The summed E-state index contributed by atoms with van der Waals surface area (Å²) >= 11 is 0. The van der Waals surface area contributed by atoms with Crippen molar-refractivity contribution in [2.75, 3.05) is 20.1 Å². The van der Waals surface area contributed by atoms with Crippen LogP contribution in [0.15, 0.2) is 54.6 Å². The Morgan fingerprint density at radius 1 is 1.07 bits per heavy atom. The largest absolute Gasteiger partial charge is 0.341 e. The first-order valence-corrected chi connectivity index (χ1v) is 9.80. The number of carbonyl (C=O) groups is 2. The van der Waals surface area contributed by atoms with Gasteiger partial charge in [-0.2, -0.15) is 0 Å². The molecule has 0 aromatic heterocycles. The van der Waals surface area contributed by atoms with E-state index in [1.807, 2.05) is 61.2 Å². The molecule has 1 saturated heterocycles. The smallest absolute Gasteiger partial charge is 0.253 e. The highest BCUT2D eigenvalue weighted by atomic mass is 16.2. The molecular formula is C23H29N3O2. The second kappa shape index (κ2) is 8.57. The van der Waals surface area contributed by atoms with Gasteiger partial charge in [0.05, 0.1) is 0 Å². The summed E-state index contributed by atoms with van der Waals surface area (Å²) in [5.74, 6) is 0.258. The molecule has 0 spiro atoms. The van der Waals surface area contributed by atoms with Crippen molar-refractivity contribution in [2.24, 2.45) is 11.7 Å². The lowest BCUT2D eigenvalue weighted by atomic mass is 9.95. The van der Waals surface area contributed by atoms with Crippen LogP contribution in [0.1, 0.15) is 41.3 Å². The molecule has 2 amide bonds. The van der Waals surface area contributed by atoms with Crippen LogP contribution in [0.25, 0.3) is 0 Å². The van der Waals surface area contributed by atoms with Gasteiger partial charge in [-0.25, -0.2) is 0 Å². The minimum absolute atomic E-state index is 0.00652. The Balaban J connectivity index is 1.64. The van der Waals surface area contributed by atoms with E-state index in [1.165, 1.54) is 5.56 Å². The summed E-state index contributed by atoms with van der Waals surface area (Å²) in [4.78, 5) is 28.5. The van der Waals surface area contributed by atoms with Crippen LogP contribution >= 0.6 is 0 Å². The number of likely N-dealkylation sites (tertiary alicyclic amines) is 1. The summed E-state index contributed by atoms with van der Waals surface area (Å²) in [7, 11) is 1.80. The Morgan fingerprint density at radius 2 is 1.71 bits per heavy atom. The van der Waals surface area contributed by atoms with Gasteiger partial charge in [0.25, 0.3) is 5.91 Å². The van der Waals surface area contributed by atoms with Gasteiger partial charge in [-0.05, 0) is 23.3 Å². The minimum atomic E-state index is -0.0543. The molecule has 2 atom stereocenters. The third-order valence-corrected chi connectivity index (χ3v) is 5.37. The topological polar surface area (TPSA) is 66.6 Å². The van der Waals surface area contributed by atoms with E-state index >= 15 is 0 Å². The van der Waals surface area contributed by atoms with E-state index in [2.05, 4.69) is 12.1 Å². The number of carbonyl (C=O) groups excluding carboxylic acids is 2. The van der Waals surface area contributed by atoms with E-state index in [-0.39, 0.29) is 29.7 Å². The average Bonchev–Trinajstić information content (AvgIpc) is 3.09. The molecule has 5 nitrogen and oxygen atoms in total. The van der Waals surface area contributed by atoms with Gasteiger partial charge in [0.1, 0.15) is 0 Å². The molecule has 0 unspecified atom stereocenters. The molecule has 3 rings (SSSR count). The lowest BCUT2D eigenvalue weighted by molar-refractivity contribution is -0.133. The monoisotopic (exact) mass is 379 g/mol. The Morgan fingerprint density at radius 3 is 2.32 bits per heavy atom. The van der Waals surface area contributed by atoms with Crippen molar-refractivity contribution in [1.82, 2.24) is 9.80 Å². The van der Waals surface area contributed by atoms with E-state index in [4.69, 9.17) is 5.73 Å². The second-order valence-electron chi connectivity index (χ2n) is 7.94. The maximum atomic E-state index is 12.9. The molecule has 2 aromatic rings. The molecule has 1 aliphatic rings. The van der Waals surface area contributed by atoms with Gasteiger partial charge in [0, 0.05) is 50.1 Å². The molecular weight excluding hydrogens is 350 g/mol. The molecule has 2 N–H and O–H groups in total. The molecule has 0 radical (unpaired) electrons. The number of nitrogens with zero attached hydrogens (tertiary/aromatic N) is 2. The van der Waals surface area contributed by atoms with Crippen molar-refractivity contribution in [3.8, 4) is 0 Å². The highest BCUT2D eigenvalue weighted by Gasteiger charge is 2.34. The van der Waals surface area contributed by atoms with E-state index < -0.39 is 0 Å². The molecule has 2 aromatic carbocycles. The van der Waals surface area contributed by atoms with Crippen LogP contribution in [0.5, 0.6) is 0 Å². The first kappa shape index (κ1) is 20.1. The van der Waals surface area contributed by atoms with Gasteiger partial charge in [-0.3, -0.25) is 9.59 Å². The third kappa shape index (κ3) is 4.42. The van der Waals surface area contributed by atoms with Crippen molar-refractivity contribution in [2.45, 2.75) is 32.4 Å². The maximum absolute atomic E-state index is 12.9. The fourth-order valence-corrected chi connectivity index (χ4v) is 3.78. The summed E-state index contributed by atoms with van der Waals surface area (Å²) in [5, 5.41) is 0. The third-order valence-electron chi connectivity index (χ3n) is 5.37. The average molecular weight is 380 g/mol. The van der Waals surface area contributed by atoms with Gasteiger partial charge in [0.15, 0.2) is 0 Å². The van der Waals surface area contributed by atoms with Gasteiger partial charge < -0.3 is 15.5 Å². The Kier molecular flexibility index (Phi) is 6.15. The molecule has 0 saturated carbocycles. The SMILES string of the molecule is CC(C)C(=O)N(C)Cc1ccc(C(=O)N2C[C@@H](N)[C@H](c3ccccc3)C2)cc1. The molecule has 28 heavy (non-hydrogen) atoms. The Labute approximate surface area is 167 Å². The van der Waals surface area contributed by atoms with E-state index in [9.17, 15) is 9.59 Å². The van der Waals surface area contributed by atoms with Gasteiger partial charge in [0.2, 0.25) is 5.91 Å². The van der Waals surface area contributed by atoms with Crippen LogP contribution in [0.3, 0.4) is 0 Å². The number of amides is 2. The normalized spacial score (nSPS) is 19.1.